The van der Waals surface area contributed by atoms with Crippen LogP contribution in [0.4, 0.5) is 0 Å². The lowest BCUT2D eigenvalue weighted by Gasteiger charge is -2.35. The van der Waals surface area contributed by atoms with Gasteiger partial charge in [0, 0.05) is 111 Å². The van der Waals surface area contributed by atoms with E-state index >= 15 is 0 Å². The van der Waals surface area contributed by atoms with E-state index < -0.39 is 41.9 Å². The van der Waals surface area contributed by atoms with Crippen LogP contribution in [0.1, 0.15) is 12.8 Å². The molecule has 0 aromatic carbocycles. The molecule has 0 amide bonds. The Morgan fingerprint density at radius 2 is 0.639 bits per heavy atom. The summed E-state index contributed by atoms with van der Waals surface area (Å²) in [6.07, 6.45) is -0.463. The predicted octanol–water partition coefficient (Wildman–Crippen LogP) is -4.54. The van der Waals surface area contributed by atoms with Crippen molar-refractivity contribution in [3.8, 4) is 0 Å². The molecule has 1 atom stereocenters. The van der Waals surface area contributed by atoms with Crippen molar-refractivity contribution < 1.29 is 88.0 Å². The molecule has 6 N–H and O–H groups in total. The maximum Gasteiger partial charge on any atom is 0.320 e. The maximum atomic E-state index is 11.9. The summed E-state index contributed by atoms with van der Waals surface area (Å²) in [6, 6.07) is -1.09. The highest BCUT2D eigenvalue weighted by Crippen LogP contribution is 2.11. The van der Waals surface area contributed by atoms with Gasteiger partial charge in [-0.15, -0.1) is 0 Å². The second-order valence-corrected chi connectivity index (χ2v) is 14.0. The lowest BCUT2D eigenvalue weighted by molar-refractivity contribution is -0.146. The van der Waals surface area contributed by atoms with Crippen molar-refractivity contribution in [3.05, 3.63) is 0 Å². The molecule has 0 radical (unpaired) electrons. The maximum absolute atomic E-state index is 11.9. The van der Waals surface area contributed by atoms with Crippen LogP contribution in [0.5, 0.6) is 0 Å². The number of hydrogen-bond acceptors (Lipinski definition) is 20. The number of hydrogen-bond donors (Lipinski definition) is 6. The minimum atomic E-state index is -1.18. The van der Waals surface area contributed by atoms with Gasteiger partial charge in [-0.2, -0.15) is 0 Å². The van der Waals surface area contributed by atoms with E-state index in [0.717, 1.165) is 0 Å². The molecule has 2 fully saturated rings. The lowest BCUT2D eigenvalue weighted by atomic mass is 10.1. The van der Waals surface area contributed by atoms with Crippen LogP contribution in [0.25, 0.3) is 0 Å². The van der Waals surface area contributed by atoms with Crippen LogP contribution in [-0.2, 0) is 57.4 Å². The van der Waals surface area contributed by atoms with Crippen LogP contribution in [0.2, 0.25) is 0 Å². The molecule has 0 aliphatic carbocycles. The van der Waals surface area contributed by atoms with Gasteiger partial charge in [0.15, 0.2) is 0 Å². The number of carboxylic acids is 6. The van der Waals surface area contributed by atoms with Gasteiger partial charge in [0.1, 0.15) is 26.2 Å². The Bertz CT molecular complexity index is 1340. The summed E-state index contributed by atoms with van der Waals surface area (Å²) < 4.78 is 14.5. The number of aliphatic carboxylic acids is 6. The van der Waals surface area contributed by atoms with E-state index in [1.54, 1.807) is 29.4 Å². The molecule has 61 heavy (non-hydrogen) atoms. The molecule has 0 aromatic heterocycles. The summed E-state index contributed by atoms with van der Waals surface area (Å²) in [4.78, 5) is 113. The van der Waals surface area contributed by atoms with Crippen LogP contribution in [0.15, 0.2) is 0 Å². The highest BCUT2D eigenvalue weighted by atomic mass is 16.5. The normalized spacial score (nSPS) is 19.1. The first-order chi connectivity index (χ1) is 29.1. The van der Waals surface area contributed by atoms with Gasteiger partial charge in [0.25, 0.3) is 19.4 Å². The number of nitrogens with zero attached hydrogens (tertiary/aromatic N) is 8. The standard InChI is InChI=1S/C19H32N4O10.C16H28N4O8/c24-14-33-13-22-6-5-20(11-17(27)28)3-4-21(12-18(29)30)7-9-23(10-8-22)15(19(31)32)1-2-16(25)26;21-13-27-11-19-5-3-17(9-15(23)24)1-2-18(10-16(25)26)4-6-20(8-7-19)12-28-14-22/h14-15H,1-13H2,(H,25,26)(H,27,28)(H,29,30)(H,31,32);13-14H,1-12H2,(H,23,24)(H,25,26). The van der Waals surface area contributed by atoms with Crippen LogP contribution in [0.3, 0.4) is 0 Å². The van der Waals surface area contributed by atoms with Gasteiger partial charge in [-0.3, -0.25) is 82.4 Å². The summed E-state index contributed by atoms with van der Waals surface area (Å²) in [5.41, 5.74) is 0. The number of carboxylic acid groups (broad SMARTS) is 6. The van der Waals surface area contributed by atoms with Gasteiger partial charge in [-0.1, -0.05) is 0 Å². The predicted molar refractivity (Wildman–Crippen MR) is 207 cm³/mol. The van der Waals surface area contributed by atoms with E-state index in [1.165, 1.54) is 0 Å². The first-order valence-electron chi connectivity index (χ1n) is 19.3. The third-order valence-electron chi connectivity index (χ3n) is 9.57. The topological polar surface area (TPSA) is 329 Å². The minimum absolute atomic E-state index is 0.0674. The zero-order valence-corrected chi connectivity index (χ0v) is 34.1. The van der Waals surface area contributed by atoms with E-state index in [4.69, 9.17) is 29.5 Å². The average Bonchev–Trinajstić information content (AvgIpc) is 3.17. The largest absolute Gasteiger partial charge is 0.481 e. The van der Waals surface area contributed by atoms with Gasteiger partial charge >= 0.3 is 35.8 Å². The molecule has 26 nitrogen and oxygen atoms in total. The Kier molecular flexibility index (Phi) is 28.1. The molecule has 1 unspecified atom stereocenters. The molecule has 0 saturated carbocycles. The zero-order valence-electron chi connectivity index (χ0n) is 34.1. The monoisotopic (exact) mass is 880 g/mol. The van der Waals surface area contributed by atoms with E-state index in [9.17, 15) is 58.5 Å². The van der Waals surface area contributed by atoms with Gasteiger partial charge < -0.3 is 44.8 Å². The molecule has 2 heterocycles. The quantitative estimate of drug-likeness (QED) is 0.0441. The van der Waals surface area contributed by atoms with Gasteiger partial charge in [-0.05, 0) is 6.42 Å². The second kappa shape index (κ2) is 31.7. The van der Waals surface area contributed by atoms with Crippen LogP contribution >= 0.6 is 0 Å². The van der Waals surface area contributed by atoms with E-state index in [0.29, 0.717) is 78.4 Å². The van der Waals surface area contributed by atoms with E-state index in [-0.39, 0.29) is 105 Å². The third kappa shape index (κ3) is 26.7. The Hall–Kier alpha value is -5.09. The van der Waals surface area contributed by atoms with Crippen molar-refractivity contribution in [2.75, 3.05) is 151 Å². The number of rotatable bonds is 22. The van der Waals surface area contributed by atoms with Crippen LogP contribution < -0.4 is 0 Å². The molecule has 0 spiro atoms. The molecule has 0 bridgehead atoms. The highest BCUT2D eigenvalue weighted by molar-refractivity contribution is 5.75. The van der Waals surface area contributed by atoms with Crippen molar-refractivity contribution in [2.45, 2.75) is 18.9 Å². The van der Waals surface area contributed by atoms with Gasteiger partial charge in [-0.25, -0.2) is 0 Å². The van der Waals surface area contributed by atoms with Crippen molar-refractivity contribution in [1.82, 2.24) is 39.2 Å². The molecule has 348 valence electrons. The minimum Gasteiger partial charge on any atom is -0.481 e. The summed E-state index contributed by atoms with van der Waals surface area (Å²) >= 11 is 0. The van der Waals surface area contributed by atoms with Crippen molar-refractivity contribution >= 4 is 55.2 Å². The zero-order chi connectivity index (χ0) is 45.6. The Balaban J connectivity index is 0.000000618. The molecule has 2 saturated heterocycles. The Morgan fingerprint density at radius 1 is 0.393 bits per heavy atom. The second-order valence-electron chi connectivity index (χ2n) is 14.0. The number of carbonyl (C=O) groups is 9. The summed E-state index contributed by atoms with van der Waals surface area (Å²) in [7, 11) is 0. The van der Waals surface area contributed by atoms with E-state index in [2.05, 4.69) is 0 Å². The van der Waals surface area contributed by atoms with Crippen molar-refractivity contribution in [3.63, 3.8) is 0 Å². The fraction of sp³-hybridized carbons (Fsp3) is 0.743. The lowest BCUT2D eigenvalue weighted by Crippen LogP contribution is -2.51. The molecule has 2 rings (SSSR count). The third-order valence-corrected chi connectivity index (χ3v) is 9.57. The first-order valence-corrected chi connectivity index (χ1v) is 19.3. The van der Waals surface area contributed by atoms with Crippen LogP contribution in [0, 0.1) is 0 Å². The fourth-order valence-corrected chi connectivity index (χ4v) is 6.36. The summed E-state index contributed by atoms with van der Waals surface area (Å²) in [6.45, 7) is 5.61. The van der Waals surface area contributed by atoms with Crippen molar-refractivity contribution in [1.29, 1.82) is 0 Å². The molecule has 2 aliphatic rings. The average molecular weight is 881 g/mol. The van der Waals surface area contributed by atoms with E-state index in [1.807, 2.05) is 9.80 Å². The number of ether oxygens (including phenoxy) is 3. The fourth-order valence-electron chi connectivity index (χ4n) is 6.36. The van der Waals surface area contributed by atoms with Gasteiger partial charge in [0.2, 0.25) is 0 Å². The summed E-state index contributed by atoms with van der Waals surface area (Å²) in [5.74, 6) is -6.35. The molecule has 0 aromatic rings. The molecule has 2 aliphatic heterocycles. The molecular weight excluding hydrogens is 820 g/mol. The van der Waals surface area contributed by atoms with Crippen LogP contribution in [-0.4, -0.2) is 282 Å². The summed E-state index contributed by atoms with van der Waals surface area (Å²) in [5, 5.41) is 55.3. The Labute approximate surface area is 352 Å². The SMILES string of the molecule is O=COCN1CCN(CC(=O)O)CCN(CC(=O)O)CCN(C(CCC(=O)O)C(=O)O)CC1.O=COCN1CCN(COC=O)CCN(CC(=O)O)CCN(CC(=O)O)CC1. The van der Waals surface area contributed by atoms with Crippen molar-refractivity contribution in [2.24, 2.45) is 0 Å². The highest BCUT2D eigenvalue weighted by Gasteiger charge is 2.28. The Morgan fingerprint density at radius 3 is 0.869 bits per heavy atom. The first kappa shape index (κ1) is 53.9. The smallest absolute Gasteiger partial charge is 0.320 e. The van der Waals surface area contributed by atoms with Gasteiger partial charge in [0.05, 0.1) is 26.2 Å². The molecule has 26 heteroatoms. The molecular formula is C35H60N8O18. The number of carbonyl (C=O) groups excluding carboxylic acids is 3.